The molecule has 0 radical (unpaired) electrons. The van der Waals surface area contributed by atoms with Gasteiger partial charge in [-0.05, 0) is 49.4 Å². The number of benzene rings is 1. The molecule has 0 amide bonds. The van der Waals surface area contributed by atoms with Crippen molar-refractivity contribution in [1.82, 2.24) is 5.32 Å². The normalized spacial score (nSPS) is 23.2. The highest BCUT2D eigenvalue weighted by Gasteiger charge is 2.29. The second kappa shape index (κ2) is 5.50. The fraction of sp³-hybridized carbons (Fsp3) is 0.571. The molecule has 0 unspecified atom stereocenters. The molecule has 17 heavy (non-hydrogen) atoms. The van der Waals surface area contributed by atoms with Crippen molar-refractivity contribution < 1.29 is 9.13 Å². The Balaban J connectivity index is 1.90. The first kappa shape index (κ1) is 12.4. The molecule has 0 aromatic heterocycles. The molecule has 2 rings (SSSR count). The van der Waals surface area contributed by atoms with Crippen molar-refractivity contribution >= 4 is 0 Å². The average molecular weight is 237 g/mol. The largest absolute Gasteiger partial charge is 0.494 e. The van der Waals surface area contributed by atoms with Gasteiger partial charge in [-0.1, -0.05) is 13.0 Å². The van der Waals surface area contributed by atoms with E-state index in [0.717, 1.165) is 24.9 Å². The Bertz CT molecular complexity index is 374. The van der Waals surface area contributed by atoms with Gasteiger partial charge in [-0.3, -0.25) is 0 Å². The van der Waals surface area contributed by atoms with Gasteiger partial charge in [-0.15, -0.1) is 0 Å². The fourth-order valence-electron chi connectivity index (χ4n) is 2.34. The lowest BCUT2D eigenvalue weighted by Crippen LogP contribution is -2.40. The van der Waals surface area contributed by atoms with Gasteiger partial charge < -0.3 is 10.1 Å². The summed E-state index contributed by atoms with van der Waals surface area (Å²) in [5.74, 6) is 0.577. The molecule has 1 N–H and O–H groups in total. The van der Waals surface area contributed by atoms with Crippen molar-refractivity contribution in [2.45, 2.75) is 38.1 Å². The van der Waals surface area contributed by atoms with Crippen LogP contribution in [-0.2, 0) is 0 Å². The molecule has 0 bridgehead atoms. The van der Waals surface area contributed by atoms with Crippen LogP contribution < -0.4 is 10.1 Å². The van der Waals surface area contributed by atoms with E-state index in [-0.39, 0.29) is 5.82 Å². The topological polar surface area (TPSA) is 21.3 Å². The summed E-state index contributed by atoms with van der Waals surface area (Å²) in [5, 5.41) is 3.49. The lowest BCUT2D eigenvalue weighted by atomic mass is 9.76. The van der Waals surface area contributed by atoms with E-state index in [1.54, 1.807) is 12.1 Å². The smallest absolute Gasteiger partial charge is 0.165 e. The van der Waals surface area contributed by atoms with Crippen LogP contribution in [0.2, 0.25) is 0 Å². The van der Waals surface area contributed by atoms with Crippen LogP contribution in [-0.4, -0.2) is 19.7 Å². The first-order chi connectivity index (χ1) is 8.24. The van der Waals surface area contributed by atoms with Gasteiger partial charge in [0.15, 0.2) is 11.6 Å². The molecule has 1 aromatic carbocycles. The average Bonchev–Trinajstić information content (AvgIpc) is 2.27. The zero-order valence-corrected chi connectivity index (χ0v) is 10.5. The van der Waals surface area contributed by atoms with Crippen LogP contribution in [0.1, 0.15) is 37.7 Å². The van der Waals surface area contributed by atoms with E-state index in [0.29, 0.717) is 17.7 Å². The summed E-state index contributed by atoms with van der Waals surface area (Å²) in [6, 6.07) is 5.92. The molecular weight excluding hydrogens is 217 g/mol. The first-order valence-corrected chi connectivity index (χ1v) is 6.31. The van der Waals surface area contributed by atoms with E-state index >= 15 is 0 Å². The Morgan fingerprint density at radius 1 is 1.41 bits per heavy atom. The van der Waals surface area contributed by atoms with Gasteiger partial charge in [0.25, 0.3) is 0 Å². The highest BCUT2D eigenvalue weighted by molar-refractivity contribution is 5.32. The number of methoxy groups -OCH3 is 1. The number of hydrogen-bond acceptors (Lipinski definition) is 2. The summed E-state index contributed by atoms with van der Waals surface area (Å²) in [5.41, 5.74) is 1.10. The quantitative estimate of drug-likeness (QED) is 0.849. The van der Waals surface area contributed by atoms with Gasteiger partial charge in [-0.25, -0.2) is 4.39 Å². The van der Waals surface area contributed by atoms with Crippen molar-refractivity contribution in [3.05, 3.63) is 29.6 Å². The van der Waals surface area contributed by atoms with Crippen molar-refractivity contribution in [2.75, 3.05) is 13.7 Å². The van der Waals surface area contributed by atoms with Crippen LogP contribution >= 0.6 is 0 Å². The lowest BCUT2D eigenvalue weighted by molar-refractivity contribution is 0.291. The number of ether oxygens (including phenoxy) is 1. The molecule has 94 valence electrons. The zero-order valence-electron chi connectivity index (χ0n) is 10.5. The highest BCUT2D eigenvalue weighted by Crippen LogP contribution is 2.38. The Kier molecular flexibility index (Phi) is 4.00. The maximum atomic E-state index is 13.5. The van der Waals surface area contributed by atoms with Crippen molar-refractivity contribution in [3.8, 4) is 5.75 Å². The third-order valence-electron chi connectivity index (χ3n) is 3.47. The lowest BCUT2D eigenvalue weighted by Gasteiger charge is -2.36. The second-order valence-electron chi connectivity index (χ2n) is 4.71. The third kappa shape index (κ3) is 2.78. The number of rotatable bonds is 5. The van der Waals surface area contributed by atoms with Crippen LogP contribution in [0.25, 0.3) is 0 Å². The van der Waals surface area contributed by atoms with Gasteiger partial charge in [0.1, 0.15) is 0 Å². The SMILES string of the molecule is CCCNC1CC(c2ccc(OC)c(F)c2)C1. The molecule has 0 saturated heterocycles. The Labute approximate surface area is 102 Å². The minimum Gasteiger partial charge on any atom is -0.494 e. The van der Waals surface area contributed by atoms with Gasteiger partial charge in [0.2, 0.25) is 0 Å². The molecule has 2 nitrogen and oxygen atoms in total. The molecule has 1 saturated carbocycles. The first-order valence-electron chi connectivity index (χ1n) is 6.31. The number of hydrogen-bond donors (Lipinski definition) is 1. The molecule has 1 aliphatic carbocycles. The van der Waals surface area contributed by atoms with Crippen LogP contribution in [0.3, 0.4) is 0 Å². The van der Waals surface area contributed by atoms with Crippen molar-refractivity contribution in [2.24, 2.45) is 0 Å². The van der Waals surface area contributed by atoms with E-state index in [1.165, 1.54) is 13.5 Å². The Morgan fingerprint density at radius 3 is 2.76 bits per heavy atom. The Morgan fingerprint density at radius 2 is 2.18 bits per heavy atom. The third-order valence-corrected chi connectivity index (χ3v) is 3.47. The maximum Gasteiger partial charge on any atom is 0.165 e. The summed E-state index contributed by atoms with van der Waals surface area (Å²) in [4.78, 5) is 0. The summed E-state index contributed by atoms with van der Waals surface area (Å²) < 4.78 is 18.4. The molecule has 3 heteroatoms. The highest BCUT2D eigenvalue weighted by atomic mass is 19.1. The molecule has 0 atom stereocenters. The van der Waals surface area contributed by atoms with Gasteiger partial charge in [0.05, 0.1) is 7.11 Å². The van der Waals surface area contributed by atoms with E-state index in [9.17, 15) is 4.39 Å². The van der Waals surface area contributed by atoms with E-state index in [1.807, 2.05) is 6.07 Å². The predicted octanol–water partition coefficient (Wildman–Crippen LogP) is 3.08. The van der Waals surface area contributed by atoms with Crippen LogP contribution in [0, 0.1) is 5.82 Å². The minimum absolute atomic E-state index is 0.255. The maximum absolute atomic E-state index is 13.5. The molecular formula is C14H20FNO. The van der Waals surface area contributed by atoms with Gasteiger partial charge >= 0.3 is 0 Å². The van der Waals surface area contributed by atoms with Crippen LogP contribution in [0.5, 0.6) is 5.75 Å². The zero-order chi connectivity index (χ0) is 12.3. The molecule has 1 aromatic rings. The fourth-order valence-corrected chi connectivity index (χ4v) is 2.34. The summed E-state index contributed by atoms with van der Waals surface area (Å²) >= 11 is 0. The van der Waals surface area contributed by atoms with E-state index < -0.39 is 0 Å². The minimum atomic E-state index is -0.255. The van der Waals surface area contributed by atoms with Crippen LogP contribution in [0.4, 0.5) is 4.39 Å². The Hall–Kier alpha value is -1.09. The summed E-state index contributed by atoms with van der Waals surface area (Å²) in [7, 11) is 1.49. The van der Waals surface area contributed by atoms with Crippen molar-refractivity contribution in [3.63, 3.8) is 0 Å². The number of nitrogens with one attached hydrogen (secondary N) is 1. The van der Waals surface area contributed by atoms with E-state index in [4.69, 9.17) is 4.74 Å². The molecule has 1 fully saturated rings. The standard InChI is InChI=1S/C14H20FNO/c1-3-6-16-12-7-11(8-12)10-4-5-14(17-2)13(15)9-10/h4-5,9,11-12,16H,3,6-8H2,1-2H3. The molecule has 0 aliphatic heterocycles. The van der Waals surface area contributed by atoms with Gasteiger partial charge in [0, 0.05) is 6.04 Å². The molecule has 0 heterocycles. The van der Waals surface area contributed by atoms with Crippen LogP contribution in [0.15, 0.2) is 18.2 Å². The molecule has 0 spiro atoms. The predicted molar refractivity (Wildman–Crippen MR) is 67.0 cm³/mol. The molecule has 1 aliphatic rings. The van der Waals surface area contributed by atoms with E-state index in [2.05, 4.69) is 12.2 Å². The summed E-state index contributed by atoms with van der Waals surface area (Å²) in [6.45, 7) is 3.25. The monoisotopic (exact) mass is 237 g/mol. The summed E-state index contributed by atoms with van der Waals surface area (Å²) in [6.07, 6.45) is 3.40. The number of halogens is 1. The van der Waals surface area contributed by atoms with Gasteiger partial charge in [-0.2, -0.15) is 0 Å². The second-order valence-corrected chi connectivity index (χ2v) is 4.71. The van der Waals surface area contributed by atoms with Crippen molar-refractivity contribution in [1.29, 1.82) is 0 Å².